The molecule has 1 saturated heterocycles. The molecule has 0 unspecified atom stereocenters. The third kappa shape index (κ3) is 4.99. The number of aryl methyl sites for hydroxylation is 2. The van der Waals surface area contributed by atoms with Crippen LogP contribution in [-0.2, 0) is 12.8 Å². The van der Waals surface area contributed by atoms with Crippen molar-refractivity contribution in [3.63, 3.8) is 0 Å². The van der Waals surface area contributed by atoms with E-state index in [2.05, 4.69) is 11.9 Å². The molecular formula is C22H29NO2. The summed E-state index contributed by atoms with van der Waals surface area (Å²) in [4.78, 5) is 2.59. The Morgan fingerprint density at radius 1 is 0.760 bits per heavy atom. The standard InChI is InChI=1S/C22H29NO2/c1-23-19(11-5-17-7-13-21(24)14-8-17)3-2-4-20(23)12-6-18-9-15-22(25)16-10-18/h7-10,13-16,19-20,24-25H,2-6,11-12H2,1H3/t19-,20+. The third-order valence-corrected chi connectivity index (χ3v) is 5.63. The van der Waals surface area contributed by atoms with E-state index in [9.17, 15) is 10.2 Å². The van der Waals surface area contributed by atoms with Gasteiger partial charge in [0.15, 0.2) is 0 Å². The van der Waals surface area contributed by atoms with Gasteiger partial charge in [-0.3, -0.25) is 0 Å². The molecule has 3 heteroatoms. The molecule has 0 aliphatic carbocycles. The van der Waals surface area contributed by atoms with Crippen molar-refractivity contribution < 1.29 is 10.2 Å². The third-order valence-electron chi connectivity index (χ3n) is 5.63. The molecule has 25 heavy (non-hydrogen) atoms. The van der Waals surface area contributed by atoms with Crippen LogP contribution in [-0.4, -0.2) is 34.2 Å². The first-order chi connectivity index (χ1) is 12.1. The van der Waals surface area contributed by atoms with Crippen molar-refractivity contribution in [3.05, 3.63) is 59.7 Å². The Labute approximate surface area is 150 Å². The van der Waals surface area contributed by atoms with Crippen LogP contribution >= 0.6 is 0 Å². The summed E-state index contributed by atoms with van der Waals surface area (Å²) in [5.74, 6) is 0.681. The summed E-state index contributed by atoms with van der Waals surface area (Å²) in [5, 5.41) is 18.8. The van der Waals surface area contributed by atoms with E-state index in [0.717, 1.165) is 12.8 Å². The summed E-state index contributed by atoms with van der Waals surface area (Å²) in [5.41, 5.74) is 2.61. The second-order valence-electron chi connectivity index (χ2n) is 7.31. The lowest BCUT2D eigenvalue weighted by molar-refractivity contribution is 0.103. The van der Waals surface area contributed by atoms with Gasteiger partial charge in [0.25, 0.3) is 0 Å². The topological polar surface area (TPSA) is 43.7 Å². The maximum atomic E-state index is 9.40. The molecule has 0 radical (unpaired) electrons. The predicted octanol–water partition coefficient (Wildman–Crippen LogP) is 4.52. The molecule has 1 heterocycles. The molecule has 1 aliphatic rings. The number of phenolic OH excluding ortho intramolecular Hbond substituents is 2. The molecule has 0 amide bonds. The van der Waals surface area contributed by atoms with Crippen molar-refractivity contribution in [2.45, 2.75) is 57.0 Å². The number of rotatable bonds is 6. The molecule has 2 N–H and O–H groups in total. The zero-order valence-corrected chi connectivity index (χ0v) is 15.1. The number of aromatic hydroxyl groups is 2. The van der Waals surface area contributed by atoms with Crippen LogP contribution in [0.25, 0.3) is 0 Å². The highest BCUT2D eigenvalue weighted by Crippen LogP contribution is 2.27. The molecular weight excluding hydrogens is 310 g/mol. The number of hydrogen-bond acceptors (Lipinski definition) is 3. The van der Waals surface area contributed by atoms with Gasteiger partial charge in [-0.1, -0.05) is 30.7 Å². The minimum absolute atomic E-state index is 0.341. The summed E-state index contributed by atoms with van der Waals surface area (Å²) < 4.78 is 0. The van der Waals surface area contributed by atoms with Gasteiger partial charge in [-0.2, -0.15) is 0 Å². The minimum atomic E-state index is 0.341. The van der Waals surface area contributed by atoms with E-state index in [1.807, 2.05) is 24.3 Å². The van der Waals surface area contributed by atoms with Crippen LogP contribution in [0.4, 0.5) is 0 Å². The molecule has 1 aliphatic heterocycles. The van der Waals surface area contributed by atoms with Crippen LogP contribution in [0.15, 0.2) is 48.5 Å². The molecule has 1 fully saturated rings. The maximum absolute atomic E-state index is 9.40. The van der Waals surface area contributed by atoms with Crippen molar-refractivity contribution in [1.29, 1.82) is 0 Å². The lowest BCUT2D eigenvalue weighted by Gasteiger charge is -2.40. The zero-order valence-electron chi connectivity index (χ0n) is 15.1. The van der Waals surface area contributed by atoms with Gasteiger partial charge in [-0.25, -0.2) is 0 Å². The van der Waals surface area contributed by atoms with Crippen molar-refractivity contribution in [2.24, 2.45) is 0 Å². The highest BCUT2D eigenvalue weighted by atomic mass is 16.3. The molecule has 2 aromatic carbocycles. The molecule has 0 aromatic heterocycles. The smallest absolute Gasteiger partial charge is 0.115 e. The monoisotopic (exact) mass is 339 g/mol. The highest BCUT2D eigenvalue weighted by molar-refractivity contribution is 5.26. The fraction of sp³-hybridized carbons (Fsp3) is 0.455. The summed E-state index contributed by atoms with van der Waals surface area (Å²) in [6.07, 6.45) is 8.37. The number of piperidine rings is 1. The van der Waals surface area contributed by atoms with Crippen LogP contribution < -0.4 is 0 Å². The van der Waals surface area contributed by atoms with Gasteiger partial charge < -0.3 is 15.1 Å². The van der Waals surface area contributed by atoms with E-state index in [0.29, 0.717) is 23.6 Å². The number of hydrogen-bond donors (Lipinski definition) is 2. The fourth-order valence-electron chi connectivity index (χ4n) is 3.98. The van der Waals surface area contributed by atoms with Crippen molar-refractivity contribution in [3.8, 4) is 11.5 Å². The van der Waals surface area contributed by atoms with Crippen LogP contribution in [0.3, 0.4) is 0 Å². The van der Waals surface area contributed by atoms with Crippen molar-refractivity contribution in [2.75, 3.05) is 7.05 Å². The van der Waals surface area contributed by atoms with Crippen LogP contribution in [0, 0.1) is 0 Å². The Morgan fingerprint density at radius 3 is 1.56 bits per heavy atom. The predicted molar refractivity (Wildman–Crippen MR) is 102 cm³/mol. The minimum Gasteiger partial charge on any atom is -0.508 e. The van der Waals surface area contributed by atoms with Gasteiger partial charge in [-0.15, -0.1) is 0 Å². The molecule has 0 saturated carbocycles. The van der Waals surface area contributed by atoms with E-state index in [4.69, 9.17) is 0 Å². The Balaban J connectivity index is 1.50. The van der Waals surface area contributed by atoms with E-state index >= 15 is 0 Å². The number of phenols is 2. The van der Waals surface area contributed by atoms with E-state index in [1.165, 1.54) is 43.2 Å². The average molecular weight is 339 g/mol. The van der Waals surface area contributed by atoms with E-state index in [-0.39, 0.29) is 0 Å². The largest absolute Gasteiger partial charge is 0.508 e. The van der Waals surface area contributed by atoms with E-state index in [1.54, 1.807) is 24.3 Å². The lowest BCUT2D eigenvalue weighted by Crippen LogP contribution is -2.44. The second-order valence-corrected chi connectivity index (χ2v) is 7.31. The van der Waals surface area contributed by atoms with Gasteiger partial charge in [0.1, 0.15) is 11.5 Å². The molecule has 0 spiro atoms. The van der Waals surface area contributed by atoms with Gasteiger partial charge in [0.05, 0.1) is 0 Å². The van der Waals surface area contributed by atoms with Gasteiger partial charge in [0, 0.05) is 12.1 Å². The highest BCUT2D eigenvalue weighted by Gasteiger charge is 2.26. The lowest BCUT2D eigenvalue weighted by atomic mass is 9.89. The molecule has 134 valence electrons. The Kier molecular flexibility index (Phi) is 5.98. The van der Waals surface area contributed by atoms with Gasteiger partial charge in [-0.05, 0) is 81.0 Å². The SMILES string of the molecule is CN1[C@@H](CCc2ccc(O)cc2)CCC[C@H]1CCc1ccc(O)cc1. The Morgan fingerprint density at radius 2 is 1.16 bits per heavy atom. The molecule has 3 rings (SSSR count). The Bertz CT molecular complexity index is 593. The quantitative estimate of drug-likeness (QED) is 0.813. The first kappa shape index (κ1) is 17.8. The normalized spacial score (nSPS) is 21.3. The van der Waals surface area contributed by atoms with Gasteiger partial charge >= 0.3 is 0 Å². The van der Waals surface area contributed by atoms with Crippen LogP contribution in [0.2, 0.25) is 0 Å². The van der Waals surface area contributed by atoms with Crippen LogP contribution in [0.1, 0.15) is 43.2 Å². The zero-order chi connectivity index (χ0) is 17.6. The summed E-state index contributed by atoms with van der Waals surface area (Å²) >= 11 is 0. The first-order valence-corrected chi connectivity index (χ1v) is 9.39. The second kappa shape index (κ2) is 8.39. The molecule has 2 atom stereocenters. The Hall–Kier alpha value is -2.00. The fourth-order valence-corrected chi connectivity index (χ4v) is 3.98. The van der Waals surface area contributed by atoms with Crippen molar-refractivity contribution in [1.82, 2.24) is 4.90 Å². The van der Waals surface area contributed by atoms with Gasteiger partial charge in [0.2, 0.25) is 0 Å². The number of benzene rings is 2. The number of likely N-dealkylation sites (tertiary alicyclic amines) is 1. The van der Waals surface area contributed by atoms with E-state index < -0.39 is 0 Å². The van der Waals surface area contributed by atoms with Crippen molar-refractivity contribution >= 4 is 0 Å². The van der Waals surface area contributed by atoms with Crippen LogP contribution in [0.5, 0.6) is 11.5 Å². The maximum Gasteiger partial charge on any atom is 0.115 e. The molecule has 3 nitrogen and oxygen atoms in total. The molecule has 0 bridgehead atoms. The summed E-state index contributed by atoms with van der Waals surface area (Å²) in [7, 11) is 2.28. The average Bonchev–Trinajstić information content (AvgIpc) is 2.62. The molecule has 2 aromatic rings. The first-order valence-electron chi connectivity index (χ1n) is 9.39. The summed E-state index contributed by atoms with van der Waals surface area (Å²) in [6, 6.07) is 16.5. The number of nitrogens with zero attached hydrogens (tertiary/aromatic N) is 1. The summed E-state index contributed by atoms with van der Waals surface area (Å²) in [6.45, 7) is 0.